The minimum Gasteiger partial charge on any atom is -0.324 e. The van der Waals surface area contributed by atoms with E-state index in [-0.39, 0.29) is 5.54 Å². The summed E-state index contributed by atoms with van der Waals surface area (Å²) in [6.45, 7) is 9.28. The van der Waals surface area contributed by atoms with Crippen LogP contribution >= 0.6 is 0 Å². The maximum absolute atomic E-state index is 6.45. The van der Waals surface area contributed by atoms with E-state index in [1.54, 1.807) is 0 Å². The number of nitrogens with two attached hydrogens (primary N) is 1. The standard InChI is InChI=1S/C13H27N3/c1-11-9-15(3)7-4-8-16(11)10-13(2,14)12-5-6-12/h11-12H,4-10,14H2,1-3H3. The second-order valence-electron chi connectivity index (χ2n) is 6.22. The summed E-state index contributed by atoms with van der Waals surface area (Å²) in [7, 11) is 2.22. The summed E-state index contributed by atoms with van der Waals surface area (Å²) in [4.78, 5) is 5.04. The number of rotatable bonds is 3. The van der Waals surface area contributed by atoms with E-state index in [2.05, 4.69) is 30.7 Å². The highest BCUT2D eigenvalue weighted by atomic mass is 15.2. The Morgan fingerprint density at radius 3 is 2.62 bits per heavy atom. The summed E-state index contributed by atoms with van der Waals surface area (Å²) in [6.07, 6.45) is 3.96. The molecule has 0 radical (unpaired) electrons. The maximum Gasteiger partial charge on any atom is 0.0283 e. The van der Waals surface area contributed by atoms with Crippen molar-refractivity contribution in [1.82, 2.24) is 9.80 Å². The molecular weight excluding hydrogens is 198 g/mol. The largest absolute Gasteiger partial charge is 0.324 e. The number of hydrogen-bond acceptors (Lipinski definition) is 3. The zero-order valence-corrected chi connectivity index (χ0v) is 11.1. The van der Waals surface area contributed by atoms with Crippen molar-refractivity contribution >= 4 is 0 Å². The molecule has 3 nitrogen and oxygen atoms in total. The Bertz CT molecular complexity index is 235. The van der Waals surface area contributed by atoms with E-state index in [9.17, 15) is 0 Å². The van der Waals surface area contributed by atoms with Gasteiger partial charge >= 0.3 is 0 Å². The highest BCUT2D eigenvalue weighted by Crippen LogP contribution is 2.38. The molecule has 0 aromatic carbocycles. The maximum atomic E-state index is 6.45. The summed E-state index contributed by atoms with van der Waals surface area (Å²) < 4.78 is 0. The van der Waals surface area contributed by atoms with Crippen molar-refractivity contribution in [3.63, 3.8) is 0 Å². The van der Waals surface area contributed by atoms with Gasteiger partial charge in [-0.2, -0.15) is 0 Å². The predicted octanol–water partition coefficient (Wildman–Crippen LogP) is 1.14. The van der Waals surface area contributed by atoms with Gasteiger partial charge in [0.2, 0.25) is 0 Å². The van der Waals surface area contributed by atoms with Crippen molar-refractivity contribution in [2.24, 2.45) is 11.7 Å². The molecule has 0 spiro atoms. The van der Waals surface area contributed by atoms with Crippen LogP contribution in [0.4, 0.5) is 0 Å². The molecule has 1 aliphatic carbocycles. The van der Waals surface area contributed by atoms with Gasteiger partial charge in [0.15, 0.2) is 0 Å². The molecule has 0 aromatic heterocycles. The second kappa shape index (κ2) is 4.63. The molecule has 0 amide bonds. The average molecular weight is 225 g/mol. The van der Waals surface area contributed by atoms with Crippen LogP contribution < -0.4 is 5.73 Å². The van der Waals surface area contributed by atoms with Gasteiger partial charge in [0.05, 0.1) is 0 Å². The van der Waals surface area contributed by atoms with Crippen LogP contribution in [0, 0.1) is 5.92 Å². The molecule has 94 valence electrons. The minimum atomic E-state index is 0.0389. The molecular formula is C13H27N3. The van der Waals surface area contributed by atoms with Crippen molar-refractivity contribution in [2.45, 2.75) is 44.7 Å². The number of nitrogens with zero attached hydrogens (tertiary/aromatic N) is 2. The van der Waals surface area contributed by atoms with Crippen molar-refractivity contribution in [1.29, 1.82) is 0 Å². The van der Waals surface area contributed by atoms with Gasteiger partial charge in [0.1, 0.15) is 0 Å². The van der Waals surface area contributed by atoms with Crippen LogP contribution in [-0.4, -0.2) is 54.6 Å². The van der Waals surface area contributed by atoms with Crippen LogP contribution in [0.3, 0.4) is 0 Å². The SMILES string of the molecule is CC1CN(C)CCCN1CC(C)(N)C1CC1. The van der Waals surface area contributed by atoms with Gasteiger partial charge in [0.25, 0.3) is 0 Å². The van der Waals surface area contributed by atoms with E-state index in [0.29, 0.717) is 6.04 Å². The number of hydrogen-bond donors (Lipinski definition) is 1. The smallest absolute Gasteiger partial charge is 0.0283 e. The van der Waals surface area contributed by atoms with Gasteiger partial charge in [-0.25, -0.2) is 0 Å². The normalized spacial score (nSPS) is 33.4. The Morgan fingerprint density at radius 2 is 2.00 bits per heavy atom. The van der Waals surface area contributed by atoms with Gasteiger partial charge in [-0.3, -0.25) is 4.90 Å². The molecule has 16 heavy (non-hydrogen) atoms. The van der Waals surface area contributed by atoms with Crippen LogP contribution in [0.15, 0.2) is 0 Å². The van der Waals surface area contributed by atoms with Crippen molar-refractivity contribution in [3.8, 4) is 0 Å². The summed E-state index contributed by atoms with van der Waals surface area (Å²) in [5.74, 6) is 0.778. The molecule has 2 aliphatic rings. The molecule has 2 unspecified atom stereocenters. The van der Waals surface area contributed by atoms with Crippen LogP contribution in [0.1, 0.15) is 33.1 Å². The second-order valence-corrected chi connectivity index (χ2v) is 6.22. The van der Waals surface area contributed by atoms with Crippen molar-refractivity contribution < 1.29 is 0 Å². The lowest BCUT2D eigenvalue weighted by molar-refractivity contribution is 0.155. The fourth-order valence-corrected chi connectivity index (χ4v) is 2.97. The van der Waals surface area contributed by atoms with E-state index in [4.69, 9.17) is 5.73 Å². The molecule has 2 fully saturated rings. The van der Waals surface area contributed by atoms with Gasteiger partial charge < -0.3 is 10.6 Å². The third-order valence-electron chi connectivity index (χ3n) is 4.24. The van der Waals surface area contributed by atoms with Crippen LogP contribution in [-0.2, 0) is 0 Å². The van der Waals surface area contributed by atoms with Gasteiger partial charge in [-0.05, 0) is 59.2 Å². The molecule has 2 N–H and O–H groups in total. The molecule has 0 bridgehead atoms. The monoisotopic (exact) mass is 225 g/mol. The molecule has 1 aliphatic heterocycles. The molecule has 3 heteroatoms. The first-order chi connectivity index (χ1) is 7.49. The van der Waals surface area contributed by atoms with E-state index in [1.165, 1.54) is 38.9 Å². The van der Waals surface area contributed by atoms with Crippen molar-refractivity contribution in [2.75, 3.05) is 33.2 Å². The zero-order chi connectivity index (χ0) is 11.8. The Morgan fingerprint density at radius 1 is 1.31 bits per heavy atom. The first-order valence-corrected chi connectivity index (χ1v) is 6.70. The fraction of sp³-hybridized carbons (Fsp3) is 1.00. The highest BCUT2D eigenvalue weighted by Gasteiger charge is 2.40. The lowest BCUT2D eigenvalue weighted by Crippen LogP contribution is -2.52. The Kier molecular flexibility index (Phi) is 3.57. The Labute approximate surface area is 100.0 Å². The third-order valence-corrected chi connectivity index (χ3v) is 4.24. The minimum absolute atomic E-state index is 0.0389. The molecule has 2 atom stereocenters. The average Bonchev–Trinajstić information content (AvgIpc) is 2.97. The zero-order valence-electron chi connectivity index (χ0n) is 11.1. The highest BCUT2D eigenvalue weighted by molar-refractivity contribution is 4.98. The third kappa shape index (κ3) is 2.96. The first-order valence-electron chi connectivity index (χ1n) is 6.70. The summed E-state index contributed by atoms with van der Waals surface area (Å²) in [5, 5.41) is 0. The topological polar surface area (TPSA) is 32.5 Å². The summed E-state index contributed by atoms with van der Waals surface area (Å²) >= 11 is 0. The van der Waals surface area contributed by atoms with E-state index in [1.807, 2.05) is 0 Å². The lowest BCUT2D eigenvalue weighted by atomic mass is 9.96. The Balaban J connectivity index is 1.92. The molecule has 1 heterocycles. The predicted molar refractivity (Wildman–Crippen MR) is 68.5 cm³/mol. The molecule has 2 rings (SSSR count). The van der Waals surface area contributed by atoms with E-state index in [0.717, 1.165) is 12.5 Å². The first kappa shape index (κ1) is 12.3. The van der Waals surface area contributed by atoms with E-state index >= 15 is 0 Å². The van der Waals surface area contributed by atoms with Crippen LogP contribution in [0.2, 0.25) is 0 Å². The fourth-order valence-electron chi connectivity index (χ4n) is 2.97. The van der Waals surface area contributed by atoms with Crippen LogP contribution in [0.25, 0.3) is 0 Å². The quantitative estimate of drug-likeness (QED) is 0.782. The Hall–Kier alpha value is -0.120. The lowest BCUT2D eigenvalue weighted by Gasteiger charge is -2.35. The van der Waals surface area contributed by atoms with E-state index < -0.39 is 0 Å². The van der Waals surface area contributed by atoms with Gasteiger partial charge in [0, 0.05) is 24.7 Å². The van der Waals surface area contributed by atoms with Gasteiger partial charge in [-0.1, -0.05) is 0 Å². The van der Waals surface area contributed by atoms with Gasteiger partial charge in [-0.15, -0.1) is 0 Å². The summed E-state index contributed by atoms with van der Waals surface area (Å²) in [5.41, 5.74) is 6.48. The summed E-state index contributed by atoms with van der Waals surface area (Å²) in [6, 6.07) is 0.647. The van der Waals surface area contributed by atoms with Crippen LogP contribution in [0.5, 0.6) is 0 Å². The number of likely N-dealkylation sites (N-methyl/N-ethyl adjacent to an activating group) is 1. The molecule has 0 aromatic rings. The van der Waals surface area contributed by atoms with Crippen molar-refractivity contribution in [3.05, 3.63) is 0 Å². The molecule has 1 saturated heterocycles. The molecule has 1 saturated carbocycles.